The summed E-state index contributed by atoms with van der Waals surface area (Å²) >= 11 is 0. The van der Waals surface area contributed by atoms with Gasteiger partial charge in [-0.15, -0.1) is 0 Å². The summed E-state index contributed by atoms with van der Waals surface area (Å²) in [5.74, 6) is -0.0743. The summed E-state index contributed by atoms with van der Waals surface area (Å²) in [4.78, 5) is 0. The van der Waals surface area contributed by atoms with Gasteiger partial charge in [0.2, 0.25) is 0 Å². The molecule has 0 aromatic heterocycles. The van der Waals surface area contributed by atoms with Gasteiger partial charge in [0.15, 0.2) is 11.5 Å². The first-order chi connectivity index (χ1) is 9.65. The van der Waals surface area contributed by atoms with Crippen LogP contribution in [0.3, 0.4) is 0 Å². The Hall–Kier alpha value is -2.10. The molecule has 0 saturated heterocycles. The minimum Gasteiger partial charge on any atom is -0.447 e. The zero-order valence-corrected chi connectivity index (χ0v) is 11.0. The molecule has 1 aliphatic rings. The molecule has 0 bridgehead atoms. The first kappa shape index (κ1) is 12.9. The predicted octanol–water partition coefficient (Wildman–Crippen LogP) is 4.39. The number of halogens is 2. The van der Waals surface area contributed by atoms with Gasteiger partial charge in [0.25, 0.3) is 6.29 Å². The zero-order chi connectivity index (χ0) is 14.1. The number of ether oxygens (including phenoxy) is 2. The van der Waals surface area contributed by atoms with Crippen molar-refractivity contribution >= 4 is 0 Å². The molecular formula is C16H14F2O2. The van der Waals surface area contributed by atoms with E-state index in [1.807, 2.05) is 18.2 Å². The topological polar surface area (TPSA) is 18.5 Å². The number of hydrogen-bond acceptors (Lipinski definition) is 2. The van der Waals surface area contributed by atoms with Gasteiger partial charge in [-0.2, -0.15) is 0 Å². The lowest BCUT2D eigenvalue weighted by atomic mass is 10.1. The van der Waals surface area contributed by atoms with Crippen molar-refractivity contribution in [2.75, 3.05) is 0 Å². The van der Waals surface area contributed by atoms with E-state index in [4.69, 9.17) is 9.47 Å². The molecule has 0 spiro atoms. The van der Waals surface area contributed by atoms with Crippen LogP contribution in [0.5, 0.6) is 11.5 Å². The molecule has 2 nitrogen and oxygen atoms in total. The summed E-state index contributed by atoms with van der Waals surface area (Å²) in [5, 5.41) is 0. The summed E-state index contributed by atoms with van der Waals surface area (Å²) in [6, 6.07) is 8.97. The zero-order valence-electron chi connectivity index (χ0n) is 11.0. The molecule has 1 heterocycles. The van der Waals surface area contributed by atoms with E-state index in [2.05, 4.69) is 6.92 Å². The van der Waals surface area contributed by atoms with Crippen molar-refractivity contribution in [2.45, 2.75) is 26.1 Å². The Bertz CT molecular complexity index is 620. The van der Waals surface area contributed by atoms with Gasteiger partial charge in [-0.3, -0.25) is 0 Å². The monoisotopic (exact) mass is 276 g/mol. The Morgan fingerprint density at radius 2 is 1.65 bits per heavy atom. The van der Waals surface area contributed by atoms with Crippen LogP contribution in [-0.4, -0.2) is 0 Å². The first-order valence-corrected chi connectivity index (χ1v) is 6.58. The SMILES string of the molecule is CCCc1ccc2c(c1)OC(c1cc(F)cc(F)c1)O2. The van der Waals surface area contributed by atoms with Gasteiger partial charge in [0.05, 0.1) is 0 Å². The van der Waals surface area contributed by atoms with Crippen LogP contribution in [0.15, 0.2) is 36.4 Å². The fraction of sp³-hybridized carbons (Fsp3) is 0.250. The molecule has 2 aromatic rings. The Labute approximate surface area is 116 Å². The highest BCUT2D eigenvalue weighted by Crippen LogP contribution is 2.41. The summed E-state index contributed by atoms with van der Waals surface area (Å²) in [6.45, 7) is 2.10. The molecular weight excluding hydrogens is 262 g/mol. The van der Waals surface area contributed by atoms with Crippen LogP contribution >= 0.6 is 0 Å². The lowest BCUT2D eigenvalue weighted by Crippen LogP contribution is -2.08. The highest BCUT2D eigenvalue weighted by atomic mass is 19.1. The van der Waals surface area contributed by atoms with E-state index in [0.29, 0.717) is 17.1 Å². The van der Waals surface area contributed by atoms with Crippen LogP contribution in [-0.2, 0) is 6.42 Å². The molecule has 4 heteroatoms. The summed E-state index contributed by atoms with van der Waals surface area (Å²) in [5.41, 5.74) is 1.48. The number of rotatable bonds is 3. The third-order valence-corrected chi connectivity index (χ3v) is 3.17. The summed E-state index contributed by atoms with van der Waals surface area (Å²) in [6.07, 6.45) is 1.20. The molecule has 2 aromatic carbocycles. The number of benzene rings is 2. The van der Waals surface area contributed by atoms with Gasteiger partial charge in [0, 0.05) is 11.6 Å². The Morgan fingerprint density at radius 3 is 2.35 bits per heavy atom. The maximum atomic E-state index is 13.2. The molecule has 0 N–H and O–H groups in total. The number of aryl methyl sites for hydroxylation is 1. The number of fused-ring (bicyclic) bond motifs is 1. The summed E-state index contributed by atoms with van der Waals surface area (Å²) < 4.78 is 37.7. The average molecular weight is 276 g/mol. The third kappa shape index (κ3) is 2.46. The predicted molar refractivity (Wildman–Crippen MR) is 70.8 cm³/mol. The molecule has 104 valence electrons. The molecule has 0 radical (unpaired) electrons. The second-order valence-electron chi connectivity index (χ2n) is 4.80. The fourth-order valence-corrected chi connectivity index (χ4v) is 2.29. The maximum absolute atomic E-state index is 13.2. The van der Waals surface area contributed by atoms with E-state index in [1.165, 1.54) is 12.1 Å². The van der Waals surface area contributed by atoms with Crippen molar-refractivity contribution in [2.24, 2.45) is 0 Å². The van der Waals surface area contributed by atoms with Crippen LogP contribution in [0.25, 0.3) is 0 Å². The highest BCUT2D eigenvalue weighted by Gasteiger charge is 2.26. The average Bonchev–Trinajstić information content (AvgIpc) is 2.81. The first-order valence-electron chi connectivity index (χ1n) is 6.58. The molecule has 0 amide bonds. The van der Waals surface area contributed by atoms with Crippen LogP contribution in [0, 0.1) is 11.6 Å². The highest BCUT2D eigenvalue weighted by molar-refractivity contribution is 5.46. The van der Waals surface area contributed by atoms with Crippen LogP contribution < -0.4 is 9.47 Å². The van der Waals surface area contributed by atoms with E-state index in [9.17, 15) is 8.78 Å². The minimum atomic E-state index is -0.799. The molecule has 0 aliphatic carbocycles. The quantitative estimate of drug-likeness (QED) is 0.828. The third-order valence-electron chi connectivity index (χ3n) is 3.17. The largest absolute Gasteiger partial charge is 0.447 e. The second-order valence-corrected chi connectivity index (χ2v) is 4.80. The Kier molecular flexibility index (Phi) is 3.30. The van der Waals surface area contributed by atoms with Crippen molar-refractivity contribution < 1.29 is 18.3 Å². The smallest absolute Gasteiger partial charge is 0.268 e. The van der Waals surface area contributed by atoms with E-state index in [0.717, 1.165) is 24.5 Å². The number of hydrogen-bond donors (Lipinski definition) is 0. The Balaban J connectivity index is 1.86. The fourth-order valence-electron chi connectivity index (χ4n) is 2.29. The molecule has 0 fully saturated rings. The van der Waals surface area contributed by atoms with Gasteiger partial charge in [-0.05, 0) is 36.2 Å². The molecule has 1 atom stereocenters. The molecule has 1 unspecified atom stereocenters. The van der Waals surface area contributed by atoms with Gasteiger partial charge < -0.3 is 9.47 Å². The van der Waals surface area contributed by atoms with Crippen molar-refractivity contribution in [1.29, 1.82) is 0 Å². The van der Waals surface area contributed by atoms with Crippen molar-refractivity contribution in [3.63, 3.8) is 0 Å². The van der Waals surface area contributed by atoms with Crippen LogP contribution in [0.4, 0.5) is 8.78 Å². The van der Waals surface area contributed by atoms with E-state index >= 15 is 0 Å². The molecule has 1 aliphatic heterocycles. The van der Waals surface area contributed by atoms with E-state index in [-0.39, 0.29) is 0 Å². The molecule has 0 saturated carbocycles. The van der Waals surface area contributed by atoms with E-state index in [1.54, 1.807) is 0 Å². The minimum absolute atomic E-state index is 0.329. The van der Waals surface area contributed by atoms with Gasteiger partial charge in [-0.25, -0.2) is 8.78 Å². The lowest BCUT2D eigenvalue weighted by molar-refractivity contribution is 0.0481. The lowest BCUT2D eigenvalue weighted by Gasteiger charge is -2.10. The second kappa shape index (κ2) is 5.12. The molecule has 3 rings (SSSR count). The Morgan fingerprint density at radius 1 is 0.950 bits per heavy atom. The summed E-state index contributed by atoms with van der Waals surface area (Å²) in [7, 11) is 0. The van der Waals surface area contributed by atoms with E-state index < -0.39 is 17.9 Å². The van der Waals surface area contributed by atoms with Gasteiger partial charge in [0.1, 0.15) is 11.6 Å². The standard InChI is InChI=1S/C16H14F2O2/c1-2-3-10-4-5-14-15(6-10)20-16(19-14)11-7-12(17)9-13(18)8-11/h4-9,16H,2-3H2,1H3. The van der Waals surface area contributed by atoms with Crippen LogP contribution in [0.2, 0.25) is 0 Å². The van der Waals surface area contributed by atoms with Crippen molar-refractivity contribution in [1.82, 2.24) is 0 Å². The van der Waals surface area contributed by atoms with Crippen molar-refractivity contribution in [3.8, 4) is 11.5 Å². The maximum Gasteiger partial charge on any atom is 0.268 e. The van der Waals surface area contributed by atoms with Gasteiger partial charge >= 0.3 is 0 Å². The normalized spacial score (nSPS) is 16.4. The van der Waals surface area contributed by atoms with Crippen molar-refractivity contribution in [3.05, 3.63) is 59.2 Å². The van der Waals surface area contributed by atoms with Gasteiger partial charge in [-0.1, -0.05) is 19.4 Å². The van der Waals surface area contributed by atoms with Crippen LogP contribution in [0.1, 0.15) is 30.8 Å². The molecule has 20 heavy (non-hydrogen) atoms.